The number of aryl methyl sites for hydroxylation is 1. The fourth-order valence-corrected chi connectivity index (χ4v) is 3.26. The summed E-state index contributed by atoms with van der Waals surface area (Å²) in [5.74, 6) is 0.172. The third kappa shape index (κ3) is 5.84. The van der Waals surface area contributed by atoms with Gasteiger partial charge in [0.1, 0.15) is 6.04 Å². The van der Waals surface area contributed by atoms with E-state index in [4.69, 9.17) is 4.74 Å². The average Bonchev–Trinajstić information content (AvgIpc) is 2.65. The van der Waals surface area contributed by atoms with E-state index >= 15 is 0 Å². The van der Waals surface area contributed by atoms with Crippen molar-refractivity contribution in [2.75, 3.05) is 26.3 Å². The molecule has 1 aromatic rings. The molecule has 0 aliphatic carbocycles. The molecule has 1 heterocycles. The van der Waals surface area contributed by atoms with Gasteiger partial charge in [0.2, 0.25) is 5.91 Å². The number of nitrogens with zero attached hydrogens (tertiary/aromatic N) is 1. The third-order valence-electron chi connectivity index (χ3n) is 4.69. The molecule has 5 heteroatoms. The van der Waals surface area contributed by atoms with Gasteiger partial charge in [0.15, 0.2) is 0 Å². The summed E-state index contributed by atoms with van der Waals surface area (Å²) in [6.45, 7) is 8.60. The summed E-state index contributed by atoms with van der Waals surface area (Å²) in [6.07, 6.45) is 3.65. The fraction of sp³-hybridized carbons (Fsp3) is 0.619. The highest BCUT2D eigenvalue weighted by Gasteiger charge is 2.28. The fourth-order valence-electron chi connectivity index (χ4n) is 3.26. The molecule has 0 aromatic heterocycles. The van der Waals surface area contributed by atoms with Crippen molar-refractivity contribution in [2.24, 2.45) is 5.92 Å². The van der Waals surface area contributed by atoms with Crippen molar-refractivity contribution >= 4 is 11.8 Å². The monoisotopic (exact) mass is 360 g/mol. The van der Waals surface area contributed by atoms with E-state index in [-0.39, 0.29) is 11.8 Å². The van der Waals surface area contributed by atoms with Crippen molar-refractivity contribution in [1.29, 1.82) is 0 Å². The third-order valence-corrected chi connectivity index (χ3v) is 4.69. The quantitative estimate of drug-likeness (QED) is 0.775. The normalized spacial score (nSPS) is 15.8. The number of unbranched alkanes of at least 4 members (excludes halogenated alkanes) is 1. The number of carbonyl (C=O) groups excluding carboxylic acids is 2. The summed E-state index contributed by atoms with van der Waals surface area (Å²) in [7, 11) is 0. The number of carbonyl (C=O) groups is 2. The molecular formula is C21H32N2O3. The van der Waals surface area contributed by atoms with Gasteiger partial charge >= 0.3 is 0 Å². The minimum atomic E-state index is -0.486. The molecule has 0 bridgehead atoms. The van der Waals surface area contributed by atoms with Crippen molar-refractivity contribution in [3.8, 4) is 0 Å². The summed E-state index contributed by atoms with van der Waals surface area (Å²) < 4.78 is 5.33. The lowest BCUT2D eigenvalue weighted by atomic mass is 9.99. The van der Waals surface area contributed by atoms with E-state index in [2.05, 4.69) is 26.1 Å². The SMILES string of the molecule is CCCCc1ccccc1C(=O)NC(CC(C)C)C(=O)N1CCOCC1. The molecule has 1 aliphatic rings. The first-order valence-electron chi connectivity index (χ1n) is 9.78. The number of morpholine rings is 1. The van der Waals surface area contributed by atoms with Crippen molar-refractivity contribution in [3.05, 3.63) is 35.4 Å². The topological polar surface area (TPSA) is 58.6 Å². The maximum atomic E-state index is 12.9. The van der Waals surface area contributed by atoms with Gasteiger partial charge in [-0.1, -0.05) is 45.4 Å². The predicted molar refractivity (Wildman–Crippen MR) is 103 cm³/mol. The lowest BCUT2D eigenvalue weighted by molar-refractivity contribution is -0.137. The molecule has 0 saturated carbocycles. The second-order valence-electron chi connectivity index (χ2n) is 7.35. The first-order chi connectivity index (χ1) is 12.5. The van der Waals surface area contributed by atoms with Crippen molar-refractivity contribution < 1.29 is 14.3 Å². The molecule has 1 aliphatic heterocycles. The second kappa shape index (κ2) is 10.3. The summed E-state index contributed by atoms with van der Waals surface area (Å²) in [5.41, 5.74) is 1.73. The highest BCUT2D eigenvalue weighted by atomic mass is 16.5. The Labute approximate surface area is 157 Å². The van der Waals surface area contributed by atoms with E-state index in [0.717, 1.165) is 24.8 Å². The van der Waals surface area contributed by atoms with E-state index < -0.39 is 6.04 Å². The first-order valence-corrected chi connectivity index (χ1v) is 9.78. The molecule has 1 unspecified atom stereocenters. The largest absolute Gasteiger partial charge is 0.378 e. The Balaban J connectivity index is 2.12. The van der Waals surface area contributed by atoms with Gasteiger partial charge in [-0.3, -0.25) is 9.59 Å². The number of benzene rings is 1. The number of amides is 2. The Morgan fingerprint density at radius 1 is 1.19 bits per heavy atom. The Morgan fingerprint density at radius 2 is 1.88 bits per heavy atom. The number of ether oxygens (including phenoxy) is 1. The van der Waals surface area contributed by atoms with Crippen LogP contribution in [-0.4, -0.2) is 49.1 Å². The minimum Gasteiger partial charge on any atom is -0.378 e. The molecular weight excluding hydrogens is 328 g/mol. The zero-order valence-corrected chi connectivity index (χ0v) is 16.3. The summed E-state index contributed by atoms with van der Waals surface area (Å²) in [5, 5.41) is 3.01. The lowest BCUT2D eigenvalue weighted by Gasteiger charge is -2.31. The molecule has 144 valence electrons. The summed E-state index contributed by atoms with van der Waals surface area (Å²) in [6, 6.07) is 7.22. The van der Waals surface area contributed by atoms with Crippen LogP contribution in [0.3, 0.4) is 0 Å². The summed E-state index contributed by atoms with van der Waals surface area (Å²) >= 11 is 0. The summed E-state index contributed by atoms with van der Waals surface area (Å²) in [4.78, 5) is 27.6. The molecule has 1 saturated heterocycles. The van der Waals surface area contributed by atoms with Gasteiger partial charge in [-0.15, -0.1) is 0 Å². The van der Waals surface area contributed by atoms with Gasteiger partial charge < -0.3 is 15.0 Å². The van der Waals surface area contributed by atoms with Gasteiger partial charge in [-0.2, -0.15) is 0 Å². The van der Waals surface area contributed by atoms with Crippen LogP contribution in [0.4, 0.5) is 0 Å². The molecule has 1 atom stereocenters. The Hall–Kier alpha value is -1.88. The van der Waals surface area contributed by atoms with E-state index in [1.165, 1.54) is 0 Å². The number of hydrogen-bond donors (Lipinski definition) is 1. The van der Waals surface area contributed by atoms with Crippen LogP contribution in [0.15, 0.2) is 24.3 Å². The predicted octanol–water partition coefficient (Wildman–Crippen LogP) is 3.03. The van der Waals surface area contributed by atoms with Crippen molar-refractivity contribution in [2.45, 2.75) is 52.5 Å². The first kappa shape index (κ1) is 20.4. The van der Waals surface area contributed by atoms with Crippen LogP contribution in [0.2, 0.25) is 0 Å². The Bertz CT molecular complexity index is 595. The van der Waals surface area contributed by atoms with E-state index in [9.17, 15) is 9.59 Å². The maximum absolute atomic E-state index is 12.9. The molecule has 26 heavy (non-hydrogen) atoms. The molecule has 5 nitrogen and oxygen atoms in total. The van der Waals surface area contributed by atoms with Crippen LogP contribution in [-0.2, 0) is 16.0 Å². The molecule has 2 amide bonds. The molecule has 1 fully saturated rings. The molecule has 0 spiro atoms. The molecule has 1 aromatic carbocycles. The molecule has 2 rings (SSSR count). The second-order valence-corrected chi connectivity index (χ2v) is 7.35. The zero-order chi connectivity index (χ0) is 18.9. The van der Waals surface area contributed by atoms with Gasteiger partial charge in [0.25, 0.3) is 5.91 Å². The van der Waals surface area contributed by atoms with Crippen LogP contribution >= 0.6 is 0 Å². The van der Waals surface area contributed by atoms with E-state index in [1.807, 2.05) is 24.3 Å². The molecule has 0 radical (unpaired) electrons. The number of rotatable bonds is 8. The van der Waals surface area contributed by atoms with Crippen LogP contribution in [0.1, 0.15) is 56.0 Å². The van der Waals surface area contributed by atoms with Crippen LogP contribution < -0.4 is 5.32 Å². The highest BCUT2D eigenvalue weighted by molar-refractivity contribution is 5.98. The number of nitrogens with one attached hydrogen (secondary N) is 1. The Kier molecular flexibility index (Phi) is 8.10. The van der Waals surface area contributed by atoms with Gasteiger partial charge in [0, 0.05) is 18.7 Å². The zero-order valence-electron chi connectivity index (χ0n) is 16.3. The highest BCUT2D eigenvalue weighted by Crippen LogP contribution is 2.15. The molecule has 1 N–H and O–H groups in total. The minimum absolute atomic E-state index is 0.00129. The average molecular weight is 360 g/mol. The number of hydrogen-bond acceptors (Lipinski definition) is 3. The van der Waals surface area contributed by atoms with Crippen molar-refractivity contribution in [1.82, 2.24) is 10.2 Å². The Morgan fingerprint density at radius 3 is 2.54 bits per heavy atom. The maximum Gasteiger partial charge on any atom is 0.252 e. The lowest BCUT2D eigenvalue weighted by Crippen LogP contribution is -2.52. The van der Waals surface area contributed by atoms with E-state index in [1.54, 1.807) is 4.90 Å². The van der Waals surface area contributed by atoms with Crippen LogP contribution in [0, 0.1) is 5.92 Å². The van der Waals surface area contributed by atoms with Crippen LogP contribution in [0.25, 0.3) is 0 Å². The van der Waals surface area contributed by atoms with Crippen molar-refractivity contribution in [3.63, 3.8) is 0 Å². The van der Waals surface area contributed by atoms with Gasteiger partial charge in [-0.25, -0.2) is 0 Å². The van der Waals surface area contributed by atoms with Crippen LogP contribution in [0.5, 0.6) is 0 Å². The standard InChI is InChI=1S/C21H32N2O3/c1-4-5-8-17-9-6-7-10-18(17)20(24)22-19(15-16(2)3)21(25)23-11-13-26-14-12-23/h6-7,9-10,16,19H,4-5,8,11-15H2,1-3H3,(H,22,24). The smallest absolute Gasteiger partial charge is 0.252 e. The van der Waals surface area contributed by atoms with Gasteiger partial charge in [-0.05, 0) is 36.8 Å². The van der Waals surface area contributed by atoms with E-state index in [0.29, 0.717) is 44.2 Å². The van der Waals surface area contributed by atoms with Gasteiger partial charge in [0.05, 0.1) is 13.2 Å².